The Morgan fingerprint density at radius 3 is 2.50 bits per heavy atom. The van der Waals surface area contributed by atoms with Crippen molar-refractivity contribution in [3.05, 3.63) is 53.5 Å². The van der Waals surface area contributed by atoms with E-state index >= 15 is 0 Å². The summed E-state index contributed by atoms with van der Waals surface area (Å²) in [6.07, 6.45) is 5.50. The van der Waals surface area contributed by atoms with Crippen LogP contribution in [0.1, 0.15) is 62.8 Å². The monoisotopic (exact) mass is 546 g/mol. The van der Waals surface area contributed by atoms with Gasteiger partial charge in [0.2, 0.25) is 0 Å². The number of rotatable bonds is 12. The maximum atomic E-state index is 5.67. The summed E-state index contributed by atoms with van der Waals surface area (Å²) in [5.74, 6) is 2.81. The number of nitrogens with zero attached hydrogens (tertiary/aromatic N) is 4. The minimum absolute atomic E-state index is 0.105. The second-order valence-electron chi connectivity index (χ2n) is 11.0. The van der Waals surface area contributed by atoms with Crippen molar-refractivity contribution in [1.29, 1.82) is 0 Å². The molecule has 0 saturated carbocycles. The second-order valence-corrected chi connectivity index (χ2v) is 11.0. The molecule has 0 spiro atoms. The quantitative estimate of drug-likeness (QED) is 0.303. The number of ether oxygens (including phenoxy) is 2. The van der Waals surface area contributed by atoms with E-state index in [9.17, 15) is 0 Å². The number of anilines is 2. The van der Waals surface area contributed by atoms with Gasteiger partial charge in [0.25, 0.3) is 0 Å². The Balaban J connectivity index is 1.51. The largest absolute Gasteiger partial charge is 0.497 e. The van der Waals surface area contributed by atoms with Gasteiger partial charge in [-0.2, -0.15) is 0 Å². The predicted molar refractivity (Wildman–Crippen MR) is 164 cm³/mol. The SMILES string of the molecule is CCCCc1nc2c(n1CCCC)-c1cc(N3CCN(C)CC3)ccc1NC2NCc1ccc(OC)cc1OC. The average molecular weight is 547 g/mol. The number of fused-ring (bicyclic) bond motifs is 3. The highest BCUT2D eigenvalue weighted by molar-refractivity contribution is 5.84. The molecule has 216 valence electrons. The van der Waals surface area contributed by atoms with Gasteiger partial charge < -0.3 is 29.2 Å². The molecule has 8 heteroatoms. The van der Waals surface area contributed by atoms with Gasteiger partial charge in [0.05, 0.1) is 19.9 Å². The van der Waals surface area contributed by atoms with Crippen LogP contribution in [0.5, 0.6) is 11.5 Å². The molecule has 40 heavy (non-hydrogen) atoms. The summed E-state index contributed by atoms with van der Waals surface area (Å²) < 4.78 is 13.6. The first-order valence-corrected chi connectivity index (χ1v) is 14.9. The third kappa shape index (κ3) is 5.93. The van der Waals surface area contributed by atoms with E-state index < -0.39 is 0 Å². The van der Waals surface area contributed by atoms with E-state index in [-0.39, 0.29) is 6.17 Å². The fourth-order valence-corrected chi connectivity index (χ4v) is 5.78. The first-order valence-electron chi connectivity index (χ1n) is 14.9. The number of hydrogen-bond acceptors (Lipinski definition) is 7. The van der Waals surface area contributed by atoms with Crippen molar-refractivity contribution in [2.75, 3.05) is 57.7 Å². The number of imidazole rings is 1. The van der Waals surface area contributed by atoms with Crippen LogP contribution >= 0.6 is 0 Å². The highest BCUT2D eigenvalue weighted by Crippen LogP contribution is 2.42. The Bertz CT molecular complexity index is 1280. The van der Waals surface area contributed by atoms with Crippen molar-refractivity contribution in [2.45, 2.75) is 65.2 Å². The minimum atomic E-state index is -0.105. The van der Waals surface area contributed by atoms with Crippen molar-refractivity contribution in [3.8, 4) is 22.8 Å². The van der Waals surface area contributed by atoms with E-state index in [2.05, 4.69) is 70.2 Å². The molecule has 2 aliphatic rings. The van der Waals surface area contributed by atoms with Crippen molar-refractivity contribution in [2.24, 2.45) is 0 Å². The summed E-state index contributed by atoms with van der Waals surface area (Å²) in [7, 11) is 5.59. The van der Waals surface area contributed by atoms with Crippen molar-refractivity contribution in [3.63, 3.8) is 0 Å². The summed E-state index contributed by atoms with van der Waals surface area (Å²) in [4.78, 5) is 10.2. The van der Waals surface area contributed by atoms with E-state index in [4.69, 9.17) is 14.5 Å². The van der Waals surface area contributed by atoms with E-state index in [1.807, 2.05) is 12.1 Å². The molecule has 5 rings (SSSR count). The zero-order chi connectivity index (χ0) is 28.1. The Kier molecular flexibility index (Phi) is 9.17. The molecule has 1 atom stereocenters. The Labute approximate surface area is 239 Å². The average Bonchev–Trinajstić information content (AvgIpc) is 3.36. The molecule has 2 aromatic carbocycles. The van der Waals surface area contributed by atoms with Gasteiger partial charge in [-0.25, -0.2) is 4.98 Å². The fourth-order valence-electron chi connectivity index (χ4n) is 5.78. The van der Waals surface area contributed by atoms with Gasteiger partial charge in [-0.1, -0.05) is 32.8 Å². The molecule has 3 aromatic rings. The van der Waals surface area contributed by atoms with Gasteiger partial charge in [-0.15, -0.1) is 0 Å². The van der Waals surface area contributed by atoms with E-state index in [0.717, 1.165) is 93.3 Å². The van der Waals surface area contributed by atoms with Gasteiger partial charge in [0.15, 0.2) is 0 Å². The van der Waals surface area contributed by atoms with Crippen molar-refractivity contribution >= 4 is 11.4 Å². The summed E-state index contributed by atoms with van der Waals surface area (Å²) in [5.41, 5.74) is 7.16. The smallest absolute Gasteiger partial charge is 0.127 e. The molecular weight excluding hydrogens is 500 g/mol. The first-order chi connectivity index (χ1) is 19.6. The number of aromatic nitrogens is 2. The van der Waals surface area contributed by atoms with Crippen LogP contribution in [-0.4, -0.2) is 61.9 Å². The molecule has 2 N–H and O–H groups in total. The van der Waals surface area contributed by atoms with E-state index in [0.29, 0.717) is 6.54 Å². The number of hydrogen-bond donors (Lipinski definition) is 2. The Hall–Kier alpha value is -3.23. The molecule has 0 aliphatic carbocycles. The van der Waals surface area contributed by atoms with Crippen LogP contribution in [0.25, 0.3) is 11.3 Å². The standard InChI is InChI=1S/C32H46N6O2/c1-6-8-10-29-35-30-31(38(29)15-9-7-2)26-20-24(37-18-16-36(3)17-19-37)12-14-27(26)34-32(30)33-22-23-11-13-25(39-4)21-28(23)40-5/h11-14,20-21,32-34H,6-10,15-19,22H2,1-5H3. The Morgan fingerprint density at radius 1 is 0.975 bits per heavy atom. The molecule has 1 unspecified atom stereocenters. The van der Waals surface area contributed by atoms with Crippen LogP contribution in [-0.2, 0) is 19.5 Å². The molecule has 8 nitrogen and oxygen atoms in total. The predicted octanol–water partition coefficient (Wildman–Crippen LogP) is 5.68. The number of unbranched alkanes of at least 4 members (excludes halogenated alkanes) is 2. The third-order valence-electron chi connectivity index (χ3n) is 8.25. The minimum Gasteiger partial charge on any atom is -0.497 e. The number of benzene rings is 2. The maximum Gasteiger partial charge on any atom is 0.127 e. The Morgan fingerprint density at radius 2 is 1.77 bits per heavy atom. The van der Waals surface area contributed by atoms with Crippen LogP contribution in [0, 0.1) is 0 Å². The van der Waals surface area contributed by atoms with Gasteiger partial charge in [0.1, 0.15) is 29.2 Å². The van der Waals surface area contributed by atoms with Gasteiger partial charge in [0, 0.05) is 74.3 Å². The number of nitrogens with one attached hydrogen (secondary N) is 2. The molecule has 1 aromatic heterocycles. The summed E-state index contributed by atoms with van der Waals surface area (Å²) in [6, 6.07) is 12.9. The third-order valence-corrected chi connectivity index (χ3v) is 8.25. The summed E-state index contributed by atoms with van der Waals surface area (Å²) in [6.45, 7) is 10.5. The van der Waals surface area contributed by atoms with Gasteiger partial charge in [-0.3, -0.25) is 5.32 Å². The van der Waals surface area contributed by atoms with Crippen LogP contribution in [0.4, 0.5) is 11.4 Å². The summed E-state index contributed by atoms with van der Waals surface area (Å²) in [5, 5.41) is 7.55. The fraction of sp³-hybridized carbons (Fsp3) is 0.531. The molecule has 2 aliphatic heterocycles. The topological polar surface area (TPSA) is 66.8 Å². The van der Waals surface area contributed by atoms with Crippen molar-refractivity contribution in [1.82, 2.24) is 19.8 Å². The van der Waals surface area contributed by atoms with Crippen molar-refractivity contribution < 1.29 is 9.47 Å². The highest BCUT2D eigenvalue weighted by Gasteiger charge is 2.31. The van der Waals surface area contributed by atoms with Gasteiger partial charge >= 0.3 is 0 Å². The number of methoxy groups -OCH3 is 2. The number of piperazine rings is 1. The lowest BCUT2D eigenvalue weighted by atomic mass is 10.00. The van der Waals surface area contributed by atoms with Crippen LogP contribution in [0.3, 0.4) is 0 Å². The van der Waals surface area contributed by atoms with Crippen LogP contribution < -0.4 is 25.0 Å². The molecule has 0 amide bonds. The second kappa shape index (κ2) is 13.0. The zero-order valence-electron chi connectivity index (χ0n) is 24.9. The van der Waals surface area contributed by atoms with Gasteiger partial charge in [-0.05, 0) is 44.2 Å². The normalized spacial score (nSPS) is 16.8. The number of aryl methyl sites for hydroxylation is 1. The highest BCUT2D eigenvalue weighted by atomic mass is 16.5. The molecular formula is C32H46N6O2. The summed E-state index contributed by atoms with van der Waals surface area (Å²) >= 11 is 0. The molecule has 3 heterocycles. The molecule has 1 saturated heterocycles. The number of likely N-dealkylation sites (N-methyl/N-ethyl adjacent to an activating group) is 1. The lowest BCUT2D eigenvalue weighted by Gasteiger charge is -2.35. The van der Waals surface area contributed by atoms with E-state index in [1.165, 1.54) is 22.8 Å². The first kappa shape index (κ1) is 28.3. The molecule has 1 fully saturated rings. The molecule has 0 bridgehead atoms. The zero-order valence-corrected chi connectivity index (χ0v) is 24.9. The lowest BCUT2D eigenvalue weighted by Crippen LogP contribution is -2.44. The molecule has 0 radical (unpaired) electrons. The lowest BCUT2D eigenvalue weighted by molar-refractivity contribution is 0.313. The maximum absolute atomic E-state index is 5.67. The van der Waals surface area contributed by atoms with Crippen LogP contribution in [0.2, 0.25) is 0 Å². The van der Waals surface area contributed by atoms with Crippen LogP contribution in [0.15, 0.2) is 36.4 Å². The van der Waals surface area contributed by atoms with E-state index in [1.54, 1.807) is 14.2 Å².